The molecular weight excluding hydrogens is 298 g/mol. The van der Waals surface area contributed by atoms with Crippen LogP contribution in [0.4, 0.5) is 8.78 Å². The van der Waals surface area contributed by atoms with E-state index in [1.807, 2.05) is 13.8 Å². The van der Waals surface area contributed by atoms with Gasteiger partial charge in [-0.1, -0.05) is 37.6 Å². The molecule has 2 unspecified atom stereocenters. The van der Waals surface area contributed by atoms with Crippen molar-refractivity contribution in [3.8, 4) is 0 Å². The molecule has 3 atom stereocenters. The molecule has 0 saturated carbocycles. The molecule has 4 heteroatoms. The first-order valence-corrected chi connectivity index (χ1v) is 7.93. The number of carbonyl (C=O) groups is 1. The zero-order valence-corrected chi connectivity index (χ0v) is 13.7. The largest absolute Gasteiger partial charge is 0.462 e. The summed E-state index contributed by atoms with van der Waals surface area (Å²) in [5, 5.41) is 0. The van der Waals surface area contributed by atoms with Gasteiger partial charge in [0.2, 0.25) is 0 Å². The van der Waals surface area contributed by atoms with Gasteiger partial charge in [-0.25, -0.2) is 8.78 Å². The molecular formula is C19H22F2O2. The van der Waals surface area contributed by atoms with Crippen LogP contribution in [-0.4, -0.2) is 12.1 Å². The van der Waals surface area contributed by atoms with Crippen molar-refractivity contribution in [1.29, 1.82) is 0 Å². The molecule has 0 saturated heterocycles. The summed E-state index contributed by atoms with van der Waals surface area (Å²) in [6.45, 7) is 5.38. The van der Waals surface area contributed by atoms with Crippen LogP contribution in [0, 0.1) is 11.7 Å². The molecule has 23 heavy (non-hydrogen) atoms. The van der Waals surface area contributed by atoms with Gasteiger partial charge < -0.3 is 4.74 Å². The highest BCUT2D eigenvalue weighted by Crippen LogP contribution is 2.38. The van der Waals surface area contributed by atoms with Crippen molar-refractivity contribution >= 4 is 5.97 Å². The Bertz CT molecular complexity index is 617. The van der Waals surface area contributed by atoms with Gasteiger partial charge in [-0.05, 0) is 37.1 Å². The van der Waals surface area contributed by atoms with Gasteiger partial charge in [0.05, 0.1) is 0 Å². The molecule has 1 aliphatic carbocycles. The minimum absolute atomic E-state index is 0.148. The lowest BCUT2D eigenvalue weighted by Gasteiger charge is -2.30. The van der Waals surface area contributed by atoms with Gasteiger partial charge >= 0.3 is 5.97 Å². The Morgan fingerprint density at radius 2 is 1.91 bits per heavy atom. The third-order valence-corrected chi connectivity index (χ3v) is 4.17. The van der Waals surface area contributed by atoms with Crippen molar-refractivity contribution in [1.82, 2.24) is 0 Å². The van der Waals surface area contributed by atoms with E-state index < -0.39 is 6.10 Å². The van der Waals surface area contributed by atoms with Crippen molar-refractivity contribution < 1.29 is 18.3 Å². The Kier molecular flexibility index (Phi) is 5.69. The summed E-state index contributed by atoms with van der Waals surface area (Å²) in [6, 6.07) is 6.16. The molecule has 0 heterocycles. The highest BCUT2D eigenvalue weighted by atomic mass is 19.1. The molecule has 0 aliphatic heterocycles. The van der Waals surface area contributed by atoms with Crippen molar-refractivity contribution in [2.45, 2.75) is 45.6 Å². The van der Waals surface area contributed by atoms with Crippen LogP contribution < -0.4 is 0 Å². The van der Waals surface area contributed by atoms with Gasteiger partial charge in [0.1, 0.15) is 17.7 Å². The molecule has 0 spiro atoms. The summed E-state index contributed by atoms with van der Waals surface area (Å²) in [5.74, 6) is -1.16. The standard InChI is InChI=1S/C19H22F2O2/c1-4-18(22)23-13(3)19(14-5-8-16(20)9-6-14)15-7-10-17(21)12(2)11-15/h5-10,12-13,19H,4,11H2,1-3H3/t12?,13-,19?/m0/s1. The number of rotatable bonds is 5. The highest BCUT2D eigenvalue weighted by molar-refractivity contribution is 5.69. The molecule has 0 amide bonds. The second-order valence-corrected chi connectivity index (χ2v) is 5.98. The van der Waals surface area contributed by atoms with E-state index >= 15 is 0 Å². The van der Waals surface area contributed by atoms with E-state index in [-0.39, 0.29) is 29.4 Å². The SMILES string of the molecule is CCC(=O)O[C@@H](C)C(C1=CC=C(F)C(C)C1)c1ccc(F)cc1. The molecule has 1 aromatic rings. The summed E-state index contributed by atoms with van der Waals surface area (Å²) in [7, 11) is 0. The number of halogens is 2. The second-order valence-electron chi connectivity index (χ2n) is 5.98. The van der Waals surface area contributed by atoms with Crippen molar-refractivity contribution in [2.24, 2.45) is 5.92 Å². The van der Waals surface area contributed by atoms with Gasteiger partial charge in [0.15, 0.2) is 0 Å². The average Bonchev–Trinajstić information content (AvgIpc) is 2.52. The maximum atomic E-state index is 13.6. The number of allylic oxidation sites excluding steroid dienone is 3. The number of benzene rings is 1. The Morgan fingerprint density at radius 3 is 2.48 bits per heavy atom. The lowest BCUT2D eigenvalue weighted by atomic mass is 9.80. The van der Waals surface area contributed by atoms with E-state index in [0.717, 1.165) is 11.1 Å². The summed E-state index contributed by atoms with van der Waals surface area (Å²) >= 11 is 0. The third-order valence-electron chi connectivity index (χ3n) is 4.17. The molecule has 0 aromatic heterocycles. The number of ether oxygens (including phenoxy) is 1. The van der Waals surface area contributed by atoms with E-state index in [1.165, 1.54) is 18.2 Å². The molecule has 0 fully saturated rings. The summed E-state index contributed by atoms with van der Waals surface area (Å²) in [6.07, 6.45) is 3.66. The predicted octanol–water partition coefficient (Wildman–Crippen LogP) is 5.07. The van der Waals surface area contributed by atoms with Gasteiger partial charge in [0, 0.05) is 18.3 Å². The van der Waals surface area contributed by atoms with Crippen LogP contribution in [0.5, 0.6) is 0 Å². The Morgan fingerprint density at radius 1 is 1.26 bits per heavy atom. The monoisotopic (exact) mass is 320 g/mol. The van der Waals surface area contributed by atoms with E-state index in [0.29, 0.717) is 12.8 Å². The quantitative estimate of drug-likeness (QED) is 0.708. The molecule has 0 bridgehead atoms. The molecule has 124 valence electrons. The number of hydrogen-bond acceptors (Lipinski definition) is 2. The zero-order chi connectivity index (χ0) is 17.0. The summed E-state index contributed by atoms with van der Waals surface area (Å²) in [4.78, 5) is 11.6. The fourth-order valence-electron chi connectivity index (χ4n) is 2.92. The van der Waals surface area contributed by atoms with Gasteiger partial charge in [-0.3, -0.25) is 4.79 Å². The van der Waals surface area contributed by atoms with Crippen LogP contribution in [0.15, 0.2) is 47.8 Å². The molecule has 1 aliphatic rings. The molecule has 1 aromatic carbocycles. The van der Waals surface area contributed by atoms with E-state index in [2.05, 4.69) is 0 Å². The molecule has 2 rings (SSSR count). The van der Waals surface area contributed by atoms with Crippen molar-refractivity contribution in [3.05, 3.63) is 59.2 Å². The number of hydrogen-bond donors (Lipinski definition) is 0. The Balaban J connectivity index is 2.35. The van der Waals surface area contributed by atoms with E-state index in [1.54, 1.807) is 25.1 Å². The zero-order valence-electron chi connectivity index (χ0n) is 13.7. The first-order chi connectivity index (χ1) is 10.9. The maximum Gasteiger partial charge on any atom is 0.305 e. The van der Waals surface area contributed by atoms with Gasteiger partial charge in [0.25, 0.3) is 0 Å². The molecule has 2 nitrogen and oxygen atoms in total. The number of esters is 1. The predicted molar refractivity (Wildman–Crippen MR) is 86.0 cm³/mol. The fraction of sp³-hybridized carbons (Fsp3) is 0.421. The van der Waals surface area contributed by atoms with Crippen LogP contribution in [0.1, 0.15) is 45.1 Å². The lowest BCUT2D eigenvalue weighted by molar-refractivity contribution is -0.148. The van der Waals surface area contributed by atoms with Crippen LogP contribution in [-0.2, 0) is 9.53 Å². The minimum atomic E-state index is -0.402. The third kappa shape index (κ3) is 4.27. The van der Waals surface area contributed by atoms with Crippen molar-refractivity contribution in [3.63, 3.8) is 0 Å². The van der Waals surface area contributed by atoms with E-state index in [9.17, 15) is 13.6 Å². The summed E-state index contributed by atoms with van der Waals surface area (Å²) < 4.78 is 32.3. The fourth-order valence-corrected chi connectivity index (χ4v) is 2.92. The Hall–Kier alpha value is -1.97. The lowest BCUT2D eigenvalue weighted by Crippen LogP contribution is -2.25. The van der Waals surface area contributed by atoms with Crippen LogP contribution >= 0.6 is 0 Å². The topological polar surface area (TPSA) is 26.3 Å². The first-order valence-electron chi connectivity index (χ1n) is 7.93. The first kappa shape index (κ1) is 17.4. The Labute approximate surface area is 135 Å². The average molecular weight is 320 g/mol. The number of carbonyl (C=O) groups excluding carboxylic acids is 1. The van der Waals surface area contributed by atoms with Crippen LogP contribution in [0.2, 0.25) is 0 Å². The van der Waals surface area contributed by atoms with Gasteiger partial charge in [-0.2, -0.15) is 0 Å². The highest BCUT2D eigenvalue weighted by Gasteiger charge is 2.29. The molecule has 0 radical (unpaired) electrons. The minimum Gasteiger partial charge on any atom is -0.462 e. The maximum absolute atomic E-state index is 13.6. The van der Waals surface area contributed by atoms with Crippen molar-refractivity contribution in [2.75, 3.05) is 0 Å². The normalized spacial score (nSPS) is 20.3. The second kappa shape index (κ2) is 7.53. The van der Waals surface area contributed by atoms with Crippen LogP contribution in [0.25, 0.3) is 0 Å². The molecule has 0 N–H and O–H groups in total. The smallest absolute Gasteiger partial charge is 0.305 e. The summed E-state index contributed by atoms with van der Waals surface area (Å²) in [5.41, 5.74) is 1.85. The van der Waals surface area contributed by atoms with E-state index in [4.69, 9.17) is 4.74 Å². The van der Waals surface area contributed by atoms with Gasteiger partial charge in [-0.15, -0.1) is 0 Å². The van der Waals surface area contributed by atoms with Crippen LogP contribution in [0.3, 0.4) is 0 Å².